The van der Waals surface area contributed by atoms with Crippen molar-refractivity contribution in [3.05, 3.63) is 65.2 Å². The van der Waals surface area contributed by atoms with Crippen molar-refractivity contribution in [3.8, 4) is 0 Å². The van der Waals surface area contributed by atoms with Gasteiger partial charge in [-0.15, -0.1) is 0 Å². The van der Waals surface area contributed by atoms with Crippen LogP contribution >= 0.6 is 12.2 Å². The number of amides is 1. The number of carbonyl (C=O) groups excluding carboxylic acids is 2. The van der Waals surface area contributed by atoms with Crippen molar-refractivity contribution >= 4 is 34.7 Å². The first kappa shape index (κ1) is 16.8. The van der Waals surface area contributed by atoms with Gasteiger partial charge in [0.1, 0.15) is 0 Å². The highest BCUT2D eigenvalue weighted by molar-refractivity contribution is 7.80. The zero-order chi connectivity index (χ0) is 16.8. The van der Waals surface area contributed by atoms with Crippen LogP contribution in [0.3, 0.4) is 0 Å². The highest BCUT2D eigenvalue weighted by Crippen LogP contribution is 2.10. The van der Waals surface area contributed by atoms with Crippen molar-refractivity contribution in [2.24, 2.45) is 0 Å². The predicted molar refractivity (Wildman–Crippen MR) is 96.0 cm³/mol. The second-order valence-corrected chi connectivity index (χ2v) is 5.50. The number of anilines is 1. The number of nitrogens with one attached hydrogen (secondary N) is 2. The van der Waals surface area contributed by atoms with Gasteiger partial charge in [-0.05, 0) is 67.5 Å². The maximum absolute atomic E-state index is 12.1. The second kappa shape index (κ2) is 7.65. The summed E-state index contributed by atoms with van der Waals surface area (Å²) in [6.07, 6.45) is 0.929. The number of benzene rings is 2. The summed E-state index contributed by atoms with van der Waals surface area (Å²) in [6.45, 7) is 3.57. The molecular weight excluding hydrogens is 308 g/mol. The Morgan fingerprint density at radius 2 is 1.52 bits per heavy atom. The lowest BCUT2D eigenvalue weighted by Gasteiger charge is -2.10. The Balaban J connectivity index is 1.95. The molecule has 0 spiro atoms. The minimum atomic E-state index is -0.259. The van der Waals surface area contributed by atoms with Crippen molar-refractivity contribution in [1.82, 2.24) is 5.32 Å². The van der Waals surface area contributed by atoms with Gasteiger partial charge in [-0.1, -0.05) is 19.1 Å². The predicted octanol–water partition coefficient (Wildman–Crippen LogP) is 3.58. The topological polar surface area (TPSA) is 58.2 Å². The fourth-order valence-corrected chi connectivity index (χ4v) is 2.23. The Labute approximate surface area is 140 Å². The third kappa shape index (κ3) is 4.72. The molecule has 0 saturated carbocycles. The molecule has 0 saturated heterocycles. The lowest BCUT2D eigenvalue weighted by Crippen LogP contribution is -2.34. The molecule has 0 aliphatic heterocycles. The molecule has 118 valence electrons. The average molecular weight is 326 g/mol. The molecule has 1 amide bonds. The van der Waals surface area contributed by atoms with Gasteiger partial charge in [0.25, 0.3) is 5.91 Å². The van der Waals surface area contributed by atoms with Crippen molar-refractivity contribution in [2.45, 2.75) is 20.3 Å². The molecule has 0 aliphatic carbocycles. The summed E-state index contributed by atoms with van der Waals surface area (Å²) in [7, 11) is 0. The number of aryl methyl sites for hydroxylation is 1. The fourth-order valence-electron chi connectivity index (χ4n) is 2.02. The van der Waals surface area contributed by atoms with Crippen molar-refractivity contribution < 1.29 is 9.59 Å². The zero-order valence-corrected chi connectivity index (χ0v) is 13.9. The highest BCUT2D eigenvalue weighted by atomic mass is 32.1. The first-order chi connectivity index (χ1) is 11.0. The van der Waals surface area contributed by atoms with E-state index in [4.69, 9.17) is 12.2 Å². The number of rotatable bonds is 4. The maximum atomic E-state index is 12.1. The van der Waals surface area contributed by atoms with E-state index < -0.39 is 0 Å². The summed E-state index contributed by atoms with van der Waals surface area (Å²) in [4.78, 5) is 23.3. The molecule has 0 atom stereocenters. The number of thiocarbonyl (C=S) groups is 1. The molecule has 2 N–H and O–H groups in total. The first-order valence-corrected chi connectivity index (χ1v) is 7.72. The summed E-state index contributed by atoms with van der Waals surface area (Å²) in [5.41, 5.74) is 3.06. The van der Waals surface area contributed by atoms with Crippen LogP contribution in [-0.2, 0) is 6.42 Å². The lowest BCUT2D eigenvalue weighted by atomic mass is 10.1. The summed E-state index contributed by atoms with van der Waals surface area (Å²) in [5.74, 6) is -0.256. The van der Waals surface area contributed by atoms with Gasteiger partial charge >= 0.3 is 0 Å². The molecule has 2 aromatic carbocycles. The molecule has 4 nitrogen and oxygen atoms in total. The number of hydrogen-bond donors (Lipinski definition) is 2. The van der Waals surface area contributed by atoms with Crippen molar-refractivity contribution in [2.75, 3.05) is 5.32 Å². The van der Waals surface area contributed by atoms with Crippen LogP contribution in [0.2, 0.25) is 0 Å². The van der Waals surface area contributed by atoms with E-state index in [1.165, 1.54) is 12.5 Å². The van der Waals surface area contributed by atoms with Gasteiger partial charge in [0.2, 0.25) is 0 Å². The number of Topliss-reactive ketones (excluding diaryl/α,β-unsaturated/α-hetero) is 1. The Hall–Kier alpha value is -2.53. The number of carbonyl (C=O) groups is 2. The molecule has 0 aromatic heterocycles. The van der Waals surface area contributed by atoms with Crippen molar-refractivity contribution in [3.63, 3.8) is 0 Å². The highest BCUT2D eigenvalue weighted by Gasteiger charge is 2.08. The molecule has 23 heavy (non-hydrogen) atoms. The molecule has 0 bridgehead atoms. The minimum absolute atomic E-state index is 0.00274. The van der Waals surface area contributed by atoms with E-state index in [9.17, 15) is 9.59 Å². The lowest BCUT2D eigenvalue weighted by molar-refractivity contribution is 0.0976. The van der Waals surface area contributed by atoms with Crippen LogP contribution in [0.15, 0.2) is 48.5 Å². The van der Waals surface area contributed by atoms with E-state index in [-0.39, 0.29) is 16.8 Å². The van der Waals surface area contributed by atoms with Crippen LogP contribution in [0.1, 0.15) is 40.1 Å². The Kier molecular flexibility index (Phi) is 5.60. The van der Waals surface area contributed by atoms with E-state index in [2.05, 4.69) is 17.6 Å². The summed E-state index contributed by atoms with van der Waals surface area (Å²) >= 11 is 5.14. The molecule has 0 fully saturated rings. The van der Waals surface area contributed by atoms with Gasteiger partial charge in [-0.2, -0.15) is 0 Å². The van der Waals surface area contributed by atoms with Crippen molar-refractivity contribution in [1.29, 1.82) is 0 Å². The van der Waals surface area contributed by atoms with E-state index in [0.29, 0.717) is 16.8 Å². The van der Waals surface area contributed by atoms with Crippen LogP contribution in [0.5, 0.6) is 0 Å². The van der Waals surface area contributed by atoms with Crippen LogP contribution in [0.4, 0.5) is 5.69 Å². The fraction of sp³-hybridized carbons (Fsp3) is 0.167. The summed E-state index contributed by atoms with van der Waals surface area (Å²) < 4.78 is 0. The summed E-state index contributed by atoms with van der Waals surface area (Å²) in [5, 5.41) is 5.77. The standard InChI is InChI=1S/C18H18N2O2S/c1-3-13-4-6-15(7-5-13)17(22)20-18(23)19-16-10-8-14(9-11-16)12(2)21/h4-11H,3H2,1-2H3,(H2,19,20,22,23). The van der Waals surface area contributed by atoms with Gasteiger partial charge in [0.05, 0.1) is 0 Å². The molecule has 0 aliphatic rings. The molecule has 0 heterocycles. The quantitative estimate of drug-likeness (QED) is 0.666. The van der Waals surface area contributed by atoms with Crippen LogP contribution in [-0.4, -0.2) is 16.8 Å². The number of ketones is 1. The Morgan fingerprint density at radius 1 is 0.957 bits per heavy atom. The maximum Gasteiger partial charge on any atom is 0.257 e. The largest absolute Gasteiger partial charge is 0.332 e. The van der Waals surface area contributed by atoms with Gasteiger partial charge in [0.15, 0.2) is 10.9 Å². The van der Waals surface area contributed by atoms with E-state index >= 15 is 0 Å². The molecular formula is C18H18N2O2S. The van der Waals surface area contributed by atoms with Crippen LogP contribution in [0, 0.1) is 0 Å². The normalized spacial score (nSPS) is 10.0. The Morgan fingerprint density at radius 3 is 2.04 bits per heavy atom. The SMILES string of the molecule is CCc1ccc(C(=O)NC(=S)Nc2ccc(C(C)=O)cc2)cc1. The number of hydrogen-bond acceptors (Lipinski definition) is 3. The minimum Gasteiger partial charge on any atom is -0.332 e. The second-order valence-electron chi connectivity index (χ2n) is 5.09. The molecule has 0 radical (unpaired) electrons. The molecule has 2 aromatic rings. The molecule has 0 unspecified atom stereocenters. The third-order valence-electron chi connectivity index (χ3n) is 3.40. The van der Waals surface area contributed by atoms with E-state index in [0.717, 1.165) is 6.42 Å². The van der Waals surface area contributed by atoms with E-state index in [1.54, 1.807) is 36.4 Å². The van der Waals surface area contributed by atoms with Gasteiger partial charge in [-0.3, -0.25) is 14.9 Å². The Bertz CT molecular complexity index is 722. The monoisotopic (exact) mass is 326 g/mol. The first-order valence-electron chi connectivity index (χ1n) is 7.32. The molecule has 2 rings (SSSR count). The van der Waals surface area contributed by atoms with E-state index in [1.807, 2.05) is 12.1 Å². The van der Waals surface area contributed by atoms with Gasteiger partial charge in [-0.25, -0.2) is 0 Å². The van der Waals surface area contributed by atoms with Crippen LogP contribution < -0.4 is 10.6 Å². The average Bonchev–Trinajstić information content (AvgIpc) is 2.55. The smallest absolute Gasteiger partial charge is 0.257 e. The van der Waals surface area contributed by atoms with Gasteiger partial charge < -0.3 is 5.32 Å². The van der Waals surface area contributed by atoms with Crippen LogP contribution in [0.25, 0.3) is 0 Å². The third-order valence-corrected chi connectivity index (χ3v) is 3.60. The summed E-state index contributed by atoms with van der Waals surface area (Å²) in [6, 6.07) is 14.3. The zero-order valence-electron chi connectivity index (χ0n) is 13.1. The van der Waals surface area contributed by atoms with Gasteiger partial charge in [0, 0.05) is 16.8 Å². The molecule has 5 heteroatoms.